The molecule has 0 radical (unpaired) electrons. The van der Waals surface area contributed by atoms with Crippen LogP contribution < -0.4 is 5.32 Å². The molecular weight excluding hydrogens is 228 g/mol. The van der Waals surface area contributed by atoms with Crippen molar-refractivity contribution in [1.82, 2.24) is 4.98 Å². The highest BCUT2D eigenvalue weighted by Gasteiger charge is 2.07. The third kappa shape index (κ3) is 4.59. The number of carboxylic acid groups (broad SMARTS) is 1. The number of hydrogen-bond donors (Lipinski definition) is 2. The molecule has 0 bridgehead atoms. The lowest BCUT2D eigenvalue weighted by Gasteiger charge is -2.03. The Morgan fingerprint density at radius 2 is 2.44 bits per heavy atom. The second-order valence-electron chi connectivity index (χ2n) is 3.24. The lowest BCUT2D eigenvalue weighted by Crippen LogP contribution is -2.10. The quantitative estimate of drug-likeness (QED) is 0.685. The number of rotatable bonds is 8. The van der Waals surface area contributed by atoms with Crippen LogP contribution >= 0.6 is 11.3 Å². The zero-order valence-corrected chi connectivity index (χ0v) is 10.0. The largest absolute Gasteiger partial charge is 0.476 e. The molecule has 0 aliphatic carbocycles. The highest BCUT2D eigenvalue weighted by molar-refractivity contribution is 7.13. The van der Waals surface area contributed by atoms with E-state index in [1.165, 1.54) is 16.7 Å². The van der Waals surface area contributed by atoms with Crippen molar-refractivity contribution in [3.05, 3.63) is 11.1 Å². The van der Waals surface area contributed by atoms with E-state index in [4.69, 9.17) is 9.84 Å². The van der Waals surface area contributed by atoms with Gasteiger partial charge in [0.2, 0.25) is 0 Å². The smallest absolute Gasteiger partial charge is 0.355 e. The molecule has 0 atom stereocenters. The summed E-state index contributed by atoms with van der Waals surface area (Å²) < 4.78 is 5.35. The Labute approximate surface area is 98.5 Å². The molecule has 0 aliphatic rings. The van der Waals surface area contributed by atoms with Crippen molar-refractivity contribution in [1.29, 1.82) is 0 Å². The van der Waals surface area contributed by atoms with Crippen molar-refractivity contribution in [2.75, 3.05) is 25.1 Å². The molecule has 0 saturated heterocycles. The molecule has 1 heterocycles. The van der Waals surface area contributed by atoms with Crippen LogP contribution in [0.1, 0.15) is 30.3 Å². The van der Waals surface area contributed by atoms with E-state index in [1.807, 2.05) is 0 Å². The highest BCUT2D eigenvalue weighted by atomic mass is 32.1. The normalized spacial score (nSPS) is 10.3. The Bertz CT molecular complexity index is 328. The van der Waals surface area contributed by atoms with Gasteiger partial charge >= 0.3 is 5.97 Å². The summed E-state index contributed by atoms with van der Waals surface area (Å²) in [5, 5.41) is 13.8. The van der Waals surface area contributed by atoms with Gasteiger partial charge in [0.25, 0.3) is 0 Å². The van der Waals surface area contributed by atoms with Gasteiger partial charge in [-0.15, -0.1) is 11.3 Å². The minimum absolute atomic E-state index is 0.0828. The first kappa shape index (κ1) is 12.9. The summed E-state index contributed by atoms with van der Waals surface area (Å²) in [6.07, 6.45) is 2.20. The van der Waals surface area contributed by atoms with Crippen molar-refractivity contribution in [3.63, 3.8) is 0 Å². The van der Waals surface area contributed by atoms with Crippen molar-refractivity contribution < 1.29 is 14.6 Å². The summed E-state index contributed by atoms with van der Waals surface area (Å²) in [7, 11) is 0. The maximum Gasteiger partial charge on any atom is 0.355 e. The molecule has 0 aliphatic heterocycles. The van der Waals surface area contributed by atoms with E-state index in [1.54, 1.807) is 0 Å². The molecule has 0 aromatic carbocycles. The fourth-order valence-electron chi connectivity index (χ4n) is 1.03. The lowest BCUT2D eigenvalue weighted by atomic mass is 10.4. The Morgan fingerprint density at radius 1 is 1.62 bits per heavy atom. The molecule has 0 spiro atoms. The van der Waals surface area contributed by atoms with Crippen molar-refractivity contribution in [3.8, 4) is 0 Å². The SMILES string of the molecule is CCCCOCCNc1nc(C(=O)O)cs1. The molecule has 1 rings (SSSR count). The number of ether oxygens (including phenoxy) is 1. The number of nitrogens with one attached hydrogen (secondary N) is 1. The van der Waals surface area contributed by atoms with Crippen molar-refractivity contribution >= 4 is 22.4 Å². The number of carbonyl (C=O) groups is 1. The fraction of sp³-hybridized carbons (Fsp3) is 0.600. The van der Waals surface area contributed by atoms with Gasteiger partial charge < -0.3 is 15.2 Å². The van der Waals surface area contributed by atoms with E-state index < -0.39 is 5.97 Å². The standard InChI is InChI=1S/C10H16N2O3S/c1-2-3-5-15-6-4-11-10-12-8(7-16-10)9(13)14/h7H,2-6H2,1H3,(H,11,12)(H,13,14). The molecule has 1 aromatic heterocycles. The van der Waals surface area contributed by atoms with Crippen LogP contribution in [0.15, 0.2) is 5.38 Å². The van der Waals surface area contributed by atoms with E-state index in [2.05, 4.69) is 17.2 Å². The summed E-state index contributed by atoms with van der Waals surface area (Å²) in [5.74, 6) is -0.997. The predicted molar refractivity (Wildman–Crippen MR) is 63.3 cm³/mol. The van der Waals surface area contributed by atoms with Gasteiger partial charge in [-0.1, -0.05) is 13.3 Å². The third-order valence-corrected chi connectivity index (χ3v) is 2.69. The van der Waals surface area contributed by atoms with Gasteiger partial charge in [-0.25, -0.2) is 9.78 Å². The van der Waals surface area contributed by atoms with E-state index in [-0.39, 0.29) is 5.69 Å². The predicted octanol–water partition coefficient (Wildman–Crippen LogP) is 2.07. The van der Waals surface area contributed by atoms with Gasteiger partial charge in [-0.05, 0) is 6.42 Å². The zero-order valence-electron chi connectivity index (χ0n) is 9.23. The molecular formula is C10H16N2O3S. The van der Waals surface area contributed by atoms with E-state index in [0.29, 0.717) is 18.3 Å². The minimum atomic E-state index is -0.997. The molecule has 0 saturated carbocycles. The first-order chi connectivity index (χ1) is 7.74. The van der Waals surface area contributed by atoms with Gasteiger partial charge in [0, 0.05) is 18.5 Å². The molecule has 2 N–H and O–H groups in total. The molecule has 90 valence electrons. The molecule has 6 heteroatoms. The van der Waals surface area contributed by atoms with Crippen LogP contribution in [0.4, 0.5) is 5.13 Å². The monoisotopic (exact) mass is 244 g/mol. The number of aromatic carboxylic acids is 1. The second-order valence-corrected chi connectivity index (χ2v) is 4.09. The molecule has 0 unspecified atom stereocenters. The first-order valence-electron chi connectivity index (χ1n) is 5.24. The topological polar surface area (TPSA) is 71.5 Å². The Morgan fingerprint density at radius 3 is 3.06 bits per heavy atom. The first-order valence-corrected chi connectivity index (χ1v) is 6.12. The summed E-state index contributed by atoms with van der Waals surface area (Å²) in [4.78, 5) is 14.5. The number of carboxylic acids is 1. The van der Waals surface area contributed by atoms with E-state index in [9.17, 15) is 4.79 Å². The Balaban J connectivity index is 2.14. The van der Waals surface area contributed by atoms with Crippen LogP contribution in [0.5, 0.6) is 0 Å². The maximum absolute atomic E-state index is 10.6. The summed E-state index contributed by atoms with van der Waals surface area (Å²) >= 11 is 1.29. The average Bonchev–Trinajstić information content (AvgIpc) is 2.72. The van der Waals surface area contributed by atoms with Gasteiger partial charge in [0.1, 0.15) is 0 Å². The summed E-state index contributed by atoms with van der Waals surface area (Å²) in [6, 6.07) is 0. The average molecular weight is 244 g/mol. The highest BCUT2D eigenvalue weighted by Crippen LogP contribution is 2.14. The van der Waals surface area contributed by atoms with Gasteiger partial charge in [-0.2, -0.15) is 0 Å². The fourth-order valence-corrected chi connectivity index (χ4v) is 1.74. The zero-order chi connectivity index (χ0) is 11.8. The van der Waals surface area contributed by atoms with Crippen LogP contribution in [0, 0.1) is 0 Å². The number of unbranched alkanes of at least 4 members (excludes halogenated alkanes) is 1. The number of hydrogen-bond acceptors (Lipinski definition) is 5. The van der Waals surface area contributed by atoms with Gasteiger partial charge in [0.15, 0.2) is 10.8 Å². The molecule has 1 aromatic rings. The number of anilines is 1. The van der Waals surface area contributed by atoms with Crippen LogP contribution in [-0.4, -0.2) is 35.8 Å². The molecule has 0 fully saturated rings. The molecule has 0 amide bonds. The Hall–Kier alpha value is -1.14. The van der Waals surface area contributed by atoms with Crippen LogP contribution in [0.25, 0.3) is 0 Å². The molecule has 5 nitrogen and oxygen atoms in total. The lowest BCUT2D eigenvalue weighted by molar-refractivity contribution is 0.0691. The van der Waals surface area contributed by atoms with E-state index in [0.717, 1.165) is 19.4 Å². The van der Waals surface area contributed by atoms with Crippen molar-refractivity contribution in [2.24, 2.45) is 0 Å². The van der Waals surface area contributed by atoms with Crippen LogP contribution in [0.3, 0.4) is 0 Å². The molecule has 16 heavy (non-hydrogen) atoms. The second kappa shape index (κ2) is 7.19. The van der Waals surface area contributed by atoms with Crippen molar-refractivity contribution in [2.45, 2.75) is 19.8 Å². The van der Waals surface area contributed by atoms with Gasteiger partial charge in [-0.3, -0.25) is 0 Å². The number of nitrogens with zero attached hydrogens (tertiary/aromatic N) is 1. The summed E-state index contributed by atoms with van der Waals surface area (Å²) in [5.41, 5.74) is 0.0828. The van der Waals surface area contributed by atoms with Gasteiger partial charge in [0.05, 0.1) is 6.61 Å². The summed E-state index contributed by atoms with van der Waals surface area (Å²) in [6.45, 7) is 4.15. The maximum atomic E-state index is 10.6. The Kier molecular flexibility index (Phi) is 5.81. The van der Waals surface area contributed by atoms with Crippen LogP contribution in [0.2, 0.25) is 0 Å². The number of aromatic nitrogens is 1. The third-order valence-electron chi connectivity index (χ3n) is 1.89. The minimum Gasteiger partial charge on any atom is -0.476 e. The number of thiazole rings is 1. The van der Waals surface area contributed by atoms with E-state index >= 15 is 0 Å². The van der Waals surface area contributed by atoms with Crippen LogP contribution in [-0.2, 0) is 4.74 Å².